The molecule has 0 spiro atoms. The van der Waals surface area contributed by atoms with Gasteiger partial charge in [0.1, 0.15) is 5.82 Å². The van der Waals surface area contributed by atoms with Gasteiger partial charge in [0, 0.05) is 49.6 Å². The van der Waals surface area contributed by atoms with Gasteiger partial charge in [0.2, 0.25) is 5.75 Å². The normalized spacial score (nSPS) is 14.4. The highest BCUT2D eigenvalue weighted by molar-refractivity contribution is 5.45. The molecule has 4 rings (SSSR count). The van der Waals surface area contributed by atoms with Crippen LogP contribution in [0.2, 0.25) is 0 Å². The van der Waals surface area contributed by atoms with E-state index in [0.29, 0.717) is 5.56 Å². The summed E-state index contributed by atoms with van der Waals surface area (Å²) in [6, 6.07) is 14.4. The van der Waals surface area contributed by atoms with Crippen LogP contribution < -0.4 is 10.9 Å². The van der Waals surface area contributed by atoms with Gasteiger partial charge in [0.05, 0.1) is 30.6 Å². The van der Waals surface area contributed by atoms with Gasteiger partial charge in [-0.25, -0.2) is 18.2 Å². The van der Waals surface area contributed by atoms with E-state index >= 15 is 4.39 Å². The summed E-state index contributed by atoms with van der Waals surface area (Å²) in [6.07, 6.45) is -1.49. The number of hydrogen-bond donors (Lipinski definition) is 3. The Morgan fingerprint density at radius 2 is 1.84 bits per heavy atom. The Labute approximate surface area is 218 Å². The second-order valence-corrected chi connectivity index (χ2v) is 9.18. The number of likely N-dealkylation sites (tertiary alicyclic amines) is 1. The standard InChI is InChI=1S/C28H26F3N5O2/c29-24-9-19(4-1-18-2-5-20(6-3-18)14-36-15-21(11-32)16-36)7-8-23(24)22(12-33-13-26(30)31)10-25-27(37)28(38)35-17-34-25/h2-3,5-9,17,21-22,26,33,37H,10,12-16H2,(H,34,35,38)/t22-/m1/s1. The van der Waals surface area contributed by atoms with Gasteiger partial charge in [-0.15, -0.1) is 0 Å². The fraction of sp³-hybridized carbons (Fsp3) is 0.321. The number of benzene rings is 2. The monoisotopic (exact) mass is 521 g/mol. The highest BCUT2D eigenvalue weighted by atomic mass is 19.3. The minimum atomic E-state index is -2.58. The molecule has 196 valence electrons. The summed E-state index contributed by atoms with van der Waals surface area (Å²) in [5.74, 6) is 4.23. The average molecular weight is 522 g/mol. The van der Waals surface area contributed by atoms with Crippen molar-refractivity contribution in [3.8, 4) is 23.7 Å². The number of nitriles is 1. The first-order chi connectivity index (χ1) is 18.3. The Morgan fingerprint density at radius 3 is 2.53 bits per heavy atom. The molecule has 2 heterocycles. The minimum Gasteiger partial charge on any atom is -0.502 e. The molecule has 38 heavy (non-hydrogen) atoms. The van der Waals surface area contributed by atoms with Crippen LogP contribution in [0.15, 0.2) is 53.6 Å². The zero-order valence-corrected chi connectivity index (χ0v) is 20.4. The molecule has 7 nitrogen and oxygen atoms in total. The quantitative estimate of drug-likeness (QED) is 0.374. The van der Waals surface area contributed by atoms with Crippen molar-refractivity contribution in [1.82, 2.24) is 20.2 Å². The molecule has 10 heteroatoms. The molecule has 0 amide bonds. The summed E-state index contributed by atoms with van der Waals surface area (Å²) < 4.78 is 40.4. The number of nitrogens with one attached hydrogen (secondary N) is 2. The van der Waals surface area contributed by atoms with E-state index in [1.54, 1.807) is 6.07 Å². The fourth-order valence-electron chi connectivity index (χ4n) is 4.28. The first kappa shape index (κ1) is 26.9. The van der Waals surface area contributed by atoms with Gasteiger partial charge < -0.3 is 15.4 Å². The summed E-state index contributed by atoms with van der Waals surface area (Å²) in [6.45, 7) is 1.75. The van der Waals surface area contributed by atoms with Gasteiger partial charge in [-0.1, -0.05) is 30.0 Å². The van der Waals surface area contributed by atoms with E-state index in [1.165, 1.54) is 12.1 Å². The number of aromatic nitrogens is 2. The molecule has 0 unspecified atom stereocenters. The number of aromatic hydroxyl groups is 1. The number of alkyl halides is 2. The second-order valence-electron chi connectivity index (χ2n) is 9.18. The van der Waals surface area contributed by atoms with Crippen LogP contribution in [0.3, 0.4) is 0 Å². The third-order valence-corrected chi connectivity index (χ3v) is 6.32. The first-order valence-electron chi connectivity index (χ1n) is 12.1. The number of H-pyrrole nitrogens is 1. The Morgan fingerprint density at radius 1 is 1.13 bits per heavy atom. The van der Waals surface area contributed by atoms with E-state index in [1.807, 2.05) is 24.3 Å². The van der Waals surface area contributed by atoms with Crippen LogP contribution in [-0.4, -0.2) is 52.6 Å². The zero-order valence-electron chi connectivity index (χ0n) is 20.4. The molecule has 3 N–H and O–H groups in total. The molecule has 1 aliphatic rings. The predicted octanol–water partition coefficient (Wildman–Crippen LogP) is 3.15. The smallest absolute Gasteiger partial charge is 0.293 e. The molecule has 0 radical (unpaired) electrons. The minimum absolute atomic E-state index is 0.0127. The Hall–Kier alpha value is -4.12. The molecule has 3 aromatic rings. The van der Waals surface area contributed by atoms with Crippen molar-refractivity contribution < 1.29 is 18.3 Å². The maximum Gasteiger partial charge on any atom is 0.293 e. The molecule has 0 bridgehead atoms. The van der Waals surface area contributed by atoms with Gasteiger partial charge in [-0.3, -0.25) is 9.69 Å². The molecule has 0 aliphatic carbocycles. The largest absolute Gasteiger partial charge is 0.502 e. The van der Waals surface area contributed by atoms with Crippen molar-refractivity contribution in [3.63, 3.8) is 0 Å². The average Bonchev–Trinajstić information content (AvgIpc) is 2.87. The zero-order chi connectivity index (χ0) is 27.1. The van der Waals surface area contributed by atoms with Crippen molar-refractivity contribution >= 4 is 0 Å². The summed E-state index contributed by atoms with van der Waals surface area (Å²) in [4.78, 5) is 20.1. The lowest BCUT2D eigenvalue weighted by Gasteiger charge is -2.35. The maximum atomic E-state index is 15.1. The lowest BCUT2D eigenvalue weighted by molar-refractivity contribution is 0.127. The van der Waals surface area contributed by atoms with E-state index in [9.17, 15) is 18.7 Å². The molecule has 1 aromatic heterocycles. The van der Waals surface area contributed by atoms with Crippen molar-refractivity contribution in [2.75, 3.05) is 26.2 Å². The van der Waals surface area contributed by atoms with E-state index in [4.69, 9.17) is 5.26 Å². The Kier molecular flexibility index (Phi) is 8.80. The van der Waals surface area contributed by atoms with E-state index in [2.05, 4.69) is 38.1 Å². The van der Waals surface area contributed by atoms with Crippen LogP contribution in [-0.2, 0) is 13.0 Å². The molecule has 1 aliphatic heterocycles. The molecule has 2 aromatic carbocycles. The van der Waals surface area contributed by atoms with E-state index < -0.39 is 36.0 Å². The van der Waals surface area contributed by atoms with Crippen LogP contribution >= 0.6 is 0 Å². The van der Waals surface area contributed by atoms with E-state index in [-0.39, 0.29) is 30.1 Å². The third-order valence-electron chi connectivity index (χ3n) is 6.32. The lowest BCUT2D eigenvalue weighted by Crippen LogP contribution is -2.45. The van der Waals surface area contributed by atoms with Crippen LogP contribution in [0.4, 0.5) is 13.2 Å². The number of halogens is 3. The Balaban J connectivity index is 1.46. The van der Waals surface area contributed by atoms with Crippen molar-refractivity contribution in [3.05, 3.63) is 92.9 Å². The molecular formula is C28H26F3N5O2. The number of aromatic amines is 1. The number of nitrogens with zero attached hydrogens (tertiary/aromatic N) is 3. The number of hydrogen-bond acceptors (Lipinski definition) is 6. The molecule has 1 atom stereocenters. The van der Waals surface area contributed by atoms with E-state index in [0.717, 1.165) is 37.1 Å². The second kappa shape index (κ2) is 12.4. The summed E-state index contributed by atoms with van der Waals surface area (Å²) in [5.41, 5.74) is 1.86. The highest BCUT2D eigenvalue weighted by Crippen LogP contribution is 2.25. The van der Waals surface area contributed by atoms with Gasteiger partial charge in [-0.2, -0.15) is 5.26 Å². The summed E-state index contributed by atoms with van der Waals surface area (Å²) in [5, 5.41) is 21.5. The molecule has 1 saturated heterocycles. The van der Waals surface area contributed by atoms with Gasteiger partial charge in [-0.05, 0) is 35.4 Å². The number of rotatable bonds is 9. The Bertz CT molecular complexity index is 1420. The van der Waals surface area contributed by atoms with Crippen LogP contribution in [0.5, 0.6) is 5.75 Å². The van der Waals surface area contributed by atoms with Crippen LogP contribution in [0, 0.1) is 34.9 Å². The topological polar surface area (TPSA) is 105 Å². The summed E-state index contributed by atoms with van der Waals surface area (Å²) >= 11 is 0. The SMILES string of the molecule is N#CC1CN(Cc2ccc(C#Cc3ccc([C@@H](CNCC(F)F)Cc4nc[nH]c(=O)c4O)c(F)c3)cc2)C1. The third kappa shape index (κ3) is 7.00. The lowest BCUT2D eigenvalue weighted by atomic mass is 9.92. The maximum absolute atomic E-state index is 15.1. The van der Waals surface area contributed by atoms with Crippen LogP contribution in [0.25, 0.3) is 0 Å². The highest BCUT2D eigenvalue weighted by Gasteiger charge is 2.26. The summed E-state index contributed by atoms with van der Waals surface area (Å²) in [7, 11) is 0. The van der Waals surface area contributed by atoms with Gasteiger partial charge >= 0.3 is 0 Å². The van der Waals surface area contributed by atoms with Crippen molar-refractivity contribution in [2.24, 2.45) is 5.92 Å². The predicted molar refractivity (Wildman–Crippen MR) is 135 cm³/mol. The molecule has 1 fully saturated rings. The first-order valence-corrected chi connectivity index (χ1v) is 12.1. The van der Waals surface area contributed by atoms with Crippen molar-refractivity contribution in [1.29, 1.82) is 5.26 Å². The van der Waals surface area contributed by atoms with Gasteiger partial charge in [0.15, 0.2) is 0 Å². The molecule has 0 saturated carbocycles. The van der Waals surface area contributed by atoms with Gasteiger partial charge in [0.25, 0.3) is 12.0 Å². The fourth-order valence-corrected chi connectivity index (χ4v) is 4.28. The molecular weight excluding hydrogens is 495 g/mol. The van der Waals surface area contributed by atoms with Crippen molar-refractivity contribution in [2.45, 2.75) is 25.3 Å². The van der Waals surface area contributed by atoms with Crippen LogP contribution in [0.1, 0.15) is 33.9 Å².